The van der Waals surface area contributed by atoms with E-state index in [4.69, 9.17) is 0 Å². The summed E-state index contributed by atoms with van der Waals surface area (Å²) in [6.45, 7) is 0. The van der Waals surface area contributed by atoms with Crippen LogP contribution in [0.15, 0.2) is 52.3 Å². The maximum Gasteiger partial charge on any atom is 0.0290 e. The third-order valence-electron chi connectivity index (χ3n) is 3.41. The average Bonchev–Trinajstić information content (AvgIpc) is 2.79. The summed E-state index contributed by atoms with van der Waals surface area (Å²) in [6.07, 6.45) is 4.63. The smallest absolute Gasteiger partial charge is 0.0290 e. The van der Waals surface area contributed by atoms with Crippen LogP contribution in [0.1, 0.15) is 22.6 Å². The van der Waals surface area contributed by atoms with Crippen LogP contribution in [0, 0.1) is 3.57 Å². The second-order valence-electron chi connectivity index (χ2n) is 4.38. The van der Waals surface area contributed by atoms with Gasteiger partial charge in [0.15, 0.2) is 0 Å². The lowest BCUT2D eigenvalue weighted by molar-refractivity contribution is 1.02. The Labute approximate surface area is 118 Å². The van der Waals surface area contributed by atoms with E-state index in [1.165, 1.54) is 30.1 Å². The molecule has 2 aromatic carbocycles. The summed E-state index contributed by atoms with van der Waals surface area (Å²) >= 11 is 4.33. The van der Waals surface area contributed by atoms with E-state index in [1.54, 1.807) is 0 Å². The Morgan fingerprint density at radius 1 is 1.12 bits per heavy atom. The molecule has 1 atom stereocenters. The molecule has 0 spiro atoms. The summed E-state index contributed by atoms with van der Waals surface area (Å²) in [7, 11) is 0. The van der Waals surface area contributed by atoms with Gasteiger partial charge in [-0.1, -0.05) is 36.0 Å². The number of allylic oxidation sites excluding steroid dienone is 1. The Bertz CT molecular complexity index is 658. The molecule has 1 heterocycles. The van der Waals surface area contributed by atoms with Gasteiger partial charge >= 0.3 is 0 Å². The lowest BCUT2D eigenvalue weighted by Gasteiger charge is -2.19. The van der Waals surface area contributed by atoms with Crippen molar-refractivity contribution in [1.29, 1.82) is 0 Å². The third-order valence-corrected chi connectivity index (χ3v) is 5.41. The summed E-state index contributed by atoms with van der Waals surface area (Å²) in [6, 6.07) is 13.4. The van der Waals surface area contributed by atoms with Gasteiger partial charge in [-0.3, -0.25) is 0 Å². The van der Waals surface area contributed by atoms with Crippen LogP contribution in [-0.4, -0.2) is 0 Å². The highest BCUT2D eigenvalue weighted by atomic mass is 127. The van der Waals surface area contributed by atoms with Gasteiger partial charge < -0.3 is 0 Å². The fourth-order valence-electron chi connectivity index (χ4n) is 2.63. The highest BCUT2D eigenvalue weighted by Crippen LogP contribution is 2.46. The van der Waals surface area contributed by atoms with Gasteiger partial charge in [-0.15, -0.1) is 0 Å². The molecule has 0 amide bonds. The molecular weight excluding hydrogens is 339 g/mol. The predicted octanol–water partition coefficient (Wildman–Crippen LogP) is 4.91. The molecule has 17 heavy (non-hydrogen) atoms. The fourth-order valence-corrected chi connectivity index (χ4v) is 4.46. The Morgan fingerprint density at radius 2 is 2.06 bits per heavy atom. The molecule has 1 unspecified atom stereocenters. The molecule has 1 aliphatic carbocycles. The quantitative estimate of drug-likeness (QED) is 0.610. The van der Waals surface area contributed by atoms with Crippen LogP contribution in [0.4, 0.5) is 0 Å². The van der Waals surface area contributed by atoms with Gasteiger partial charge in [-0.05, 0) is 63.5 Å². The van der Waals surface area contributed by atoms with Crippen molar-refractivity contribution in [1.82, 2.24) is 0 Å². The van der Waals surface area contributed by atoms with Crippen molar-refractivity contribution in [3.8, 4) is 0 Å². The first kappa shape index (κ1) is 10.2. The molecule has 6 bridgehead atoms. The van der Waals surface area contributed by atoms with E-state index >= 15 is 0 Å². The molecule has 2 aromatic rings. The lowest BCUT2D eigenvalue weighted by atomic mass is 9.93. The van der Waals surface area contributed by atoms with Crippen LogP contribution in [-0.2, 0) is 0 Å². The van der Waals surface area contributed by atoms with Gasteiger partial charge in [0.25, 0.3) is 0 Å². The lowest BCUT2D eigenvalue weighted by Crippen LogP contribution is -2.01. The van der Waals surface area contributed by atoms with E-state index in [0.29, 0.717) is 5.92 Å². The van der Waals surface area contributed by atoms with Crippen molar-refractivity contribution in [3.63, 3.8) is 0 Å². The van der Waals surface area contributed by atoms with E-state index in [2.05, 4.69) is 71.1 Å². The Morgan fingerprint density at radius 3 is 3.00 bits per heavy atom. The maximum atomic E-state index is 2.46. The molecule has 0 N–H and O–H groups in total. The van der Waals surface area contributed by atoms with Gasteiger partial charge in [0.1, 0.15) is 0 Å². The SMILES string of the molecule is Ic1ccc2c3c1C(C=C3)c1cccc(c1)S2. The molecule has 0 nitrogen and oxygen atoms in total. The number of rotatable bonds is 0. The highest BCUT2D eigenvalue weighted by Gasteiger charge is 2.26. The highest BCUT2D eigenvalue weighted by molar-refractivity contribution is 14.1. The van der Waals surface area contributed by atoms with Crippen molar-refractivity contribution < 1.29 is 0 Å². The molecule has 0 saturated heterocycles. The molecule has 0 radical (unpaired) electrons. The van der Waals surface area contributed by atoms with Gasteiger partial charge in [0.2, 0.25) is 0 Å². The molecule has 82 valence electrons. The van der Waals surface area contributed by atoms with Crippen molar-refractivity contribution in [2.75, 3.05) is 0 Å². The van der Waals surface area contributed by atoms with Crippen LogP contribution >= 0.6 is 34.4 Å². The molecule has 0 aromatic heterocycles. The second kappa shape index (κ2) is 3.62. The first-order chi connectivity index (χ1) is 8.33. The molecule has 2 aliphatic rings. The third kappa shape index (κ3) is 1.43. The van der Waals surface area contributed by atoms with Crippen molar-refractivity contribution in [2.24, 2.45) is 0 Å². The average molecular weight is 348 g/mol. The van der Waals surface area contributed by atoms with Gasteiger partial charge in [0, 0.05) is 19.3 Å². The molecule has 0 saturated carbocycles. The number of hydrogen-bond acceptors (Lipinski definition) is 1. The normalized spacial score (nSPS) is 19.0. The van der Waals surface area contributed by atoms with E-state index in [0.717, 1.165) is 0 Å². The molecular formula is C15H9IS. The molecule has 4 rings (SSSR count). The van der Waals surface area contributed by atoms with Gasteiger partial charge in [0.05, 0.1) is 0 Å². The summed E-state index contributed by atoms with van der Waals surface area (Å²) in [5, 5.41) is 0. The minimum absolute atomic E-state index is 0.456. The van der Waals surface area contributed by atoms with Crippen LogP contribution in [0.5, 0.6) is 0 Å². The second-order valence-corrected chi connectivity index (χ2v) is 6.66. The summed E-state index contributed by atoms with van der Waals surface area (Å²) in [5.41, 5.74) is 4.34. The van der Waals surface area contributed by atoms with Gasteiger partial charge in [-0.2, -0.15) is 0 Å². The summed E-state index contributed by atoms with van der Waals surface area (Å²) in [5.74, 6) is 0.456. The summed E-state index contributed by atoms with van der Waals surface area (Å²) < 4.78 is 1.38. The van der Waals surface area contributed by atoms with Gasteiger partial charge in [-0.25, -0.2) is 0 Å². The van der Waals surface area contributed by atoms with E-state index in [9.17, 15) is 0 Å². The number of benzene rings is 2. The Kier molecular flexibility index (Phi) is 2.18. The topological polar surface area (TPSA) is 0 Å². The van der Waals surface area contributed by atoms with Crippen LogP contribution in [0.3, 0.4) is 0 Å². The van der Waals surface area contributed by atoms with E-state index in [1.807, 2.05) is 11.8 Å². The largest absolute Gasteiger partial charge is 0.0895 e. The van der Waals surface area contributed by atoms with Crippen molar-refractivity contribution >= 4 is 40.4 Å². The molecule has 1 aliphatic heterocycles. The Balaban J connectivity index is 2.10. The van der Waals surface area contributed by atoms with Crippen molar-refractivity contribution in [2.45, 2.75) is 15.7 Å². The number of hydrogen-bond donors (Lipinski definition) is 0. The minimum atomic E-state index is 0.456. The van der Waals surface area contributed by atoms with Crippen LogP contribution < -0.4 is 0 Å². The zero-order valence-corrected chi connectivity index (χ0v) is 12.0. The maximum absolute atomic E-state index is 2.46. The van der Waals surface area contributed by atoms with Crippen LogP contribution in [0.25, 0.3) is 6.08 Å². The van der Waals surface area contributed by atoms with E-state index < -0.39 is 0 Å². The molecule has 2 heteroatoms. The number of fused-ring (bicyclic) bond motifs is 3. The zero-order chi connectivity index (χ0) is 11.4. The Hall–Kier alpha value is -0.740. The van der Waals surface area contributed by atoms with Crippen molar-refractivity contribution in [3.05, 3.63) is 62.7 Å². The molecule has 0 fully saturated rings. The standard InChI is InChI=1S/C15H9IS/c16-13-6-7-14-12-5-4-11(15(12)13)9-2-1-3-10(8-9)17-14/h1-8,11H. The monoisotopic (exact) mass is 348 g/mol. The first-order valence-electron chi connectivity index (χ1n) is 5.61. The summed E-state index contributed by atoms with van der Waals surface area (Å²) in [4.78, 5) is 2.74. The van der Waals surface area contributed by atoms with E-state index in [-0.39, 0.29) is 0 Å². The first-order valence-corrected chi connectivity index (χ1v) is 7.51. The zero-order valence-electron chi connectivity index (χ0n) is 8.98. The van der Waals surface area contributed by atoms with Crippen LogP contribution in [0.2, 0.25) is 0 Å². The minimum Gasteiger partial charge on any atom is -0.0895 e. The number of halogens is 1. The predicted molar refractivity (Wildman–Crippen MR) is 80.6 cm³/mol. The fraction of sp³-hybridized carbons (Fsp3) is 0.0667.